The van der Waals surface area contributed by atoms with E-state index in [-0.39, 0.29) is 20.2 Å². The maximum atomic E-state index is 6.80. The van der Waals surface area contributed by atoms with Crippen molar-refractivity contribution in [1.82, 2.24) is 0 Å². The second-order valence-electron chi connectivity index (χ2n) is 14.7. The summed E-state index contributed by atoms with van der Waals surface area (Å²) in [6, 6.07) is 13.0. The van der Waals surface area contributed by atoms with Crippen molar-refractivity contribution in [1.29, 1.82) is 0 Å². The molecule has 2 aromatic carbocycles. The Morgan fingerprint density at radius 1 is 0.500 bits per heavy atom. The van der Waals surface area contributed by atoms with Crippen LogP contribution in [0.3, 0.4) is 0 Å². The highest BCUT2D eigenvalue weighted by Gasteiger charge is 2.62. The van der Waals surface area contributed by atoms with Crippen LogP contribution in [0.4, 0.5) is 0 Å². The molecule has 0 radical (unpaired) electrons. The average molecular weight is 527 g/mol. The number of benzene rings is 2. The van der Waals surface area contributed by atoms with E-state index in [1.54, 1.807) is 0 Å². The minimum Gasteiger partial charge on any atom is -0.519 e. The molecule has 0 bridgehead atoms. The lowest BCUT2D eigenvalue weighted by Crippen LogP contribution is -2.61. The summed E-state index contributed by atoms with van der Waals surface area (Å²) in [5.74, 6) is 1.94. The zero-order valence-corrected chi connectivity index (χ0v) is 26.5. The van der Waals surface area contributed by atoms with Gasteiger partial charge in [-0.1, -0.05) is 95.2 Å². The van der Waals surface area contributed by atoms with Crippen LogP contribution in [0.2, 0.25) is 20.2 Å². The quantitative estimate of drug-likeness (QED) is 0.347. The van der Waals surface area contributed by atoms with Crippen molar-refractivity contribution >= 4 is 17.1 Å². The maximum Gasteiger partial charge on any atom is 0.410 e. The van der Waals surface area contributed by atoms with Gasteiger partial charge in [0.25, 0.3) is 0 Å². The molecule has 2 aromatic rings. The molecule has 4 rings (SSSR count). The number of hydrogen-bond acceptors (Lipinski definition) is 4. The van der Waals surface area contributed by atoms with Crippen LogP contribution in [0, 0.1) is 0 Å². The molecule has 2 aliphatic heterocycles. The van der Waals surface area contributed by atoms with Crippen LogP contribution in [0.25, 0.3) is 11.1 Å². The van der Waals surface area contributed by atoms with Crippen molar-refractivity contribution in [3.63, 3.8) is 0 Å². The first kappa shape index (κ1) is 27.4. The van der Waals surface area contributed by atoms with Crippen LogP contribution in [0.15, 0.2) is 36.4 Å². The van der Waals surface area contributed by atoms with Gasteiger partial charge in [0.2, 0.25) is 0 Å². The molecule has 198 valence electrons. The van der Waals surface area contributed by atoms with Crippen LogP contribution in [0.5, 0.6) is 11.5 Å². The second kappa shape index (κ2) is 8.45. The Kier molecular flexibility index (Phi) is 6.44. The molecule has 4 nitrogen and oxygen atoms in total. The van der Waals surface area contributed by atoms with Crippen molar-refractivity contribution in [2.75, 3.05) is 0 Å². The summed E-state index contributed by atoms with van der Waals surface area (Å²) in [4.78, 5) is 0. The highest BCUT2D eigenvalue weighted by Crippen LogP contribution is 2.56. The molecule has 0 spiro atoms. The van der Waals surface area contributed by atoms with Gasteiger partial charge >= 0.3 is 17.1 Å². The van der Waals surface area contributed by atoms with Gasteiger partial charge < -0.3 is 17.7 Å². The summed E-state index contributed by atoms with van der Waals surface area (Å²) in [6.07, 6.45) is 0. The zero-order valence-electron chi connectivity index (χ0n) is 24.5. The first-order valence-corrected chi connectivity index (χ1v) is 16.9. The topological polar surface area (TPSA) is 36.9 Å². The molecule has 0 N–H and O–H groups in total. The molecule has 6 heteroatoms. The van der Waals surface area contributed by atoms with Crippen molar-refractivity contribution in [2.24, 2.45) is 0 Å². The van der Waals surface area contributed by atoms with E-state index in [4.69, 9.17) is 17.7 Å². The van der Waals surface area contributed by atoms with Crippen molar-refractivity contribution in [3.05, 3.63) is 47.5 Å². The molecule has 0 atom stereocenters. The normalized spacial score (nSPS) is 19.6. The van der Waals surface area contributed by atoms with E-state index in [1.165, 1.54) is 0 Å². The van der Waals surface area contributed by atoms with Crippen LogP contribution in [-0.4, -0.2) is 17.1 Å². The summed E-state index contributed by atoms with van der Waals surface area (Å²) in [6.45, 7) is 28.2. The van der Waals surface area contributed by atoms with Crippen molar-refractivity contribution in [2.45, 2.75) is 116 Å². The molecule has 0 aromatic heterocycles. The Bertz CT molecular complexity index is 1020. The molecule has 0 aliphatic carbocycles. The molecule has 0 fully saturated rings. The van der Waals surface area contributed by atoms with Crippen LogP contribution >= 0.6 is 0 Å². The first-order valence-electron chi connectivity index (χ1n) is 13.2. The number of fused-ring (bicyclic) bond motifs is 2. The van der Waals surface area contributed by atoms with Gasteiger partial charge in [0.15, 0.2) is 0 Å². The molecular weight excluding hydrogens is 480 g/mol. The minimum atomic E-state index is -2.53. The first-order chi connectivity index (χ1) is 16.3. The second-order valence-corrected chi connectivity index (χ2v) is 24.1. The van der Waals surface area contributed by atoms with Gasteiger partial charge in [0.1, 0.15) is 11.5 Å². The molecule has 2 aliphatic rings. The van der Waals surface area contributed by atoms with Crippen molar-refractivity contribution in [3.8, 4) is 22.6 Å². The van der Waals surface area contributed by atoms with E-state index in [0.717, 1.165) is 33.8 Å². The Hall–Kier alpha value is -1.61. The standard InChI is InChI=1S/C30H46O4Si2/c1-27(2,3)35(28(4,5)6)31-19-23-17-21(13-15-25(23)33-35)22-14-16-26-24(18-22)20-32-36(34-26,29(7,8)9)30(10,11)12/h13-18H,19-20H2,1-12H3. The molecule has 0 saturated heterocycles. The van der Waals surface area contributed by atoms with Crippen LogP contribution < -0.4 is 8.85 Å². The summed E-state index contributed by atoms with van der Waals surface area (Å²) >= 11 is 0. The van der Waals surface area contributed by atoms with Crippen LogP contribution in [-0.2, 0) is 22.1 Å². The highest BCUT2D eigenvalue weighted by atomic mass is 28.4. The van der Waals surface area contributed by atoms with Gasteiger partial charge in [-0.25, -0.2) is 0 Å². The fourth-order valence-electron chi connectivity index (χ4n) is 6.40. The third kappa shape index (κ3) is 4.28. The SMILES string of the molecule is CC(C)(C)[Si]1(C(C)(C)C)OCc2cc(-c3ccc4c(c3)CO[Si](C(C)(C)C)(C(C)(C)C)O4)ccc2O1. The predicted octanol–water partition coefficient (Wildman–Crippen LogP) is 9.26. The summed E-state index contributed by atoms with van der Waals surface area (Å²) in [7, 11) is -5.05. The van der Waals surface area contributed by atoms with E-state index in [2.05, 4.69) is 119 Å². The minimum absolute atomic E-state index is 0.0429. The van der Waals surface area contributed by atoms with E-state index in [1.807, 2.05) is 0 Å². The molecule has 2 heterocycles. The lowest BCUT2D eigenvalue weighted by Gasteiger charge is -2.51. The maximum absolute atomic E-state index is 6.80. The number of hydrogen-bond donors (Lipinski definition) is 0. The van der Waals surface area contributed by atoms with E-state index >= 15 is 0 Å². The fourth-order valence-corrected chi connectivity index (χ4v) is 15.7. The fraction of sp³-hybridized carbons (Fsp3) is 0.600. The Balaban J connectivity index is 1.65. The van der Waals surface area contributed by atoms with E-state index in [9.17, 15) is 0 Å². The molecule has 0 amide bonds. The third-order valence-corrected chi connectivity index (χ3v) is 17.8. The summed E-state index contributed by atoms with van der Waals surface area (Å²) < 4.78 is 26.9. The van der Waals surface area contributed by atoms with Crippen molar-refractivity contribution < 1.29 is 17.7 Å². The number of rotatable bonds is 1. The zero-order chi connectivity index (χ0) is 26.9. The smallest absolute Gasteiger partial charge is 0.410 e. The molecule has 36 heavy (non-hydrogen) atoms. The Labute approximate surface area is 221 Å². The van der Waals surface area contributed by atoms with E-state index in [0.29, 0.717) is 13.2 Å². The van der Waals surface area contributed by atoms with Crippen LogP contribution in [0.1, 0.15) is 94.2 Å². The van der Waals surface area contributed by atoms with Gasteiger partial charge in [-0.2, -0.15) is 0 Å². The van der Waals surface area contributed by atoms with Gasteiger partial charge in [0, 0.05) is 31.3 Å². The lowest BCUT2D eigenvalue weighted by molar-refractivity contribution is 0.155. The monoisotopic (exact) mass is 526 g/mol. The Morgan fingerprint density at radius 3 is 1.08 bits per heavy atom. The lowest BCUT2D eigenvalue weighted by atomic mass is 10.0. The van der Waals surface area contributed by atoms with Gasteiger partial charge in [-0.05, 0) is 35.4 Å². The summed E-state index contributed by atoms with van der Waals surface area (Å²) in [5.41, 5.74) is 4.54. The van der Waals surface area contributed by atoms with Gasteiger partial charge in [0.05, 0.1) is 13.2 Å². The molecule has 0 saturated carbocycles. The third-order valence-electron chi connectivity index (χ3n) is 7.77. The van der Waals surface area contributed by atoms with Gasteiger partial charge in [-0.3, -0.25) is 0 Å². The highest BCUT2D eigenvalue weighted by molar-refractivity contribution is 6.74. The summed E-state index contributed by atoms with van der Waals surface area (Å²) in [5, 5.41) is -0.172. The molecular formula is C30H46O4Si2. The molecule has 0 unspecified atom stereocenters. The average Bonchev–Trinajstić information content (AvgIpc) is 2.74. The van der Waals surface area contributed by atoms with E-state index < -0.39 is 17.1 Å². The predicted molar refractivity (Wildman–Crippen MR) is 153 cm³/mol. The van der Waals surface area contributed by atoms with Gasteiger partial charge in [-0.15, -0.1) is 0 Å². The Morgan fingerprint density at radius 2 is 0.806 bits per heavy atom. The largest absolute Gasteiger partial charge is 0.519 e.